The van der Waals surface area contributed by atoms with Crippen LogP contribution in [-0.2, 0) is 14.3 Å². The SMILES string of the molecule is CCOC(=O)CC(=O)COc1c(C)cc(C(N)=O)cc1C. The third kappa shape index (κ3) is 4.91. The second-order valence-electron chi connectivity index (χ2n) is 4.61. The highest BCUT2D eigenvalue weighted by molar-refractivity contribution is 5.96. The van der Waals surface area contributed by atoms with Crippen LogP contribution in [0.3, 0.4) is 0 Å². The number of Topliss-reactive ketones (excluding diaryl/α,β-unsaturated/α-hetero) is 1. The first kappa shape index (κ1) is 16.7. The molecule has 0 heterocycles. The van der Waals surface area contributed by atoms with Crippen LogP contribution in [-0.4, -0.2) is 30.9 Å². The summed E-state index contributed by atoms with van der Waals surface area (Å²) in [6.07, 6.45) is -0.314. The van der Waals surface area contributed by atoms with Crippen LogP contribution in [0.15, 0.2) is 12.1 Å². The molecule has 1 rings (SSSR count). The molecule has 0 aliphatic carbocycles. The lowest BCUT2D eigenvalue weighted by Gasteiger charge is -2.12. The van der Waals surface area contributed by atoms with Crippen LogP contribution in [0.4, 0.5) is 0 Å². The second kappa shape index (κ2) is 7.42. The third-order valence-electron chi connectivity index (χ3n) is 2.77. The number of rotatable bonds is 7. The van der Waals surface area contributed by atoms with Gasteiger partial charge < -0.3 is 15.2 Å². The van der Waals surface area contributed by atoms with E-state index >= 15 is 0 Å². The number of primary amides is 1. The summed E-state index contributed by atoms with van der Waals surface area (Å²) in [6, 6.07) is 3.20. The van der Waals surface area contributed by atoms with Crippen molar-refractivity contribution >= 4 is 17.7 Å². The number of carbonyl (C=O) groups excluding carboxylic acids is 3. The molecule has 0 saturated heterocycles. The molecule has 0 aliphatic heterocycles. The fourth-order valence-corrected chi connectivity index (χ4v) is 1.90. The number of carbonyl (C=O) groups is 3. The molecule has 0 aromatic heterocycles. The monoisotopic (exact) mass is 293 g/mol. The highest BCUT2D eigenvalue weighted by Crippen LogP contribution is 2.24. The maximum atomic E-state index is 11.6. The molecule has 0 radical (unpaired) electrons. The molecular weight excluding hydrogens is 274 g/mol. The maximum Gasteiger partial charge on any atom is 0.313 e. The van der Waals surface area contributed by atoms with Gasteiger partial charge in [0.1, 0.15) is 18.8 Å². The molecular formula is C15H19NO5. The molecule has 0 saturated carbocycles. The van der Waals surface area contributed by atoms with Crippen molar-refractivity contribution in [2.24, 2.45) is 5.73 Å². The quantitative estimate of drug-likeness (QED) is 0.604. The minimum absolute atomic E-state index is 0.226. The summed E-state index contributed by atoms with van der Waals surface area (Å²) in [4.78, 5) is 33.9. The molecule has 1 aromatic carbocycles. The summed E-state index contributed by atoms with van der Waals surface area (Å²) >= 11 is 0. The Balaban J connectivity index is 2.70. The van der Waals surface area contributed by atoms with Crippen LogP contribution in [0.2, 0.25) is 0 Å². The Morgan fingerprint density at radius 3 is 2.19 bits per heavy atom. The van der Waals surface area contributed by atoms with Gasteiger partial charge in [0.15, 0.2) is 5.78 Å². The fourth-order valence-electron chi connectivity index (χ4n) is 1.90. The number of benzene rings is 1. The van der Waals surface area contributed by atoms with E-state index in [0.717, 1.165) is 0 Å². The van der Waals surface area contributed by atoms with Crippen molar-refractivity contribution in [3.63, 3.8) is 0 Å². The molecule has 0 bridgehead atoms. The number of nitrogens with two attached hydrogens (primary N) is 1. The molecule has 2 N–H and O–H groups in total. The normalized spacial score (nSPS) is 10.0. The first-order valence-electron chi connectivity index (χ1n) is 6.56. The lowest BCUT2D eigenvalue weighted by Crippen LogP contribution is -2.18. The molecule has 6 heteroatoms. The van der Waals surface area contributed by atoms with Crippen LogP contribution in [0.25, 0.3) is 0 Å². The van der Waals surface area contributed by atoms with Crippen molar-refractivity contribution in [3.05, 3.63) is 28.8 Å². The van der Waals surface area contributed by atoms with Crippen LogP contribution in [0, 0.1) is 13.8 Å². The molecule has 21 heavy (non-hydrogen) atoms. The lowest BCUT2D eigenvalue weighted by atomic mass is 10.1. The molecule has 0 spiro atoms. The van der Waals surface area contributed by atoms with Crippen LogP contribution in [0.1, 0.15) is 34.8 Å². The van der Waals surface area contributed by atoms with Crippen molar-refractivity contribution in [1.82, 2.24) is 0 Å². The predicted octanol–water partition coefficient (Wildman–Crippen LogP) is 1.30. The first-order chi connectivity index (χ1) is 9.85. The average Bonchev–Trinajstić information content (AvgIpc) is 2.37. The van der Waals surface area contributed by atoms with Crippen LogP contribution >= 0.6 is 0 Å². The largest absolute Gasteiger partial charge is 0.485 e. The fraction of sp³-hybridized carbons (Fsp3) is 0.400. The molecule has 6 nitrogen and oxygen atoms in total. The molecule has 0 atom stereocenters. The standard InChI is InChI=1S/C15H19NO5/c1-4-20-13(18)7-12(17)8-21-14-9(2)5-11(15(16)19)6-10(14)3/h5-6H,4,7-8H2,1-3H3,(H2,16,19). The van der Waals surface area contributed by atoms with E-state index in [0.29, 0.717) is 22.4 Å². The van der Waals surface area contributed by atoms with Crippen molar-refractivity contribution in [3.8, 4) is 5.75 Å². The summed E-state index contributed by atoms with van der Waals surface area (Å²) in [5.41, 5.74) is 7.01. The van der Waals surface area contributed by atoms with E-state index in [-0.39, 0.29) is 25.4 Å². The van der Waals surface area contributed by atoms with Gasteiger partial charge >= 0.3 is 5.97 Å². The van der Waals surface area contributed by atoms with Gasteiger partial charge in [-0.3, -0.25) is 14.4 Å². The number of hydrogen-bond donors (Lipinski definition) is 1. The maximum absolute atomic E-state index is 11.6. The first-order valence-corrected chi connectivity index (χ1v) is 6.56. The highest BCUT2D eigenvalue weighted by Gasteiger charge is 2.14. The van der Waals surface area contributed by atoms with Gasteiger partial charge in [0.25, 0.3) is 0 Å². The number of ketones is 1. The summed E-state index contributed by atoms with van der Waals surface area (Å²) < 4.78 is 10.1. The Morgan fingerprint density at radius 1 is 1.14 bits per heavy atom. The van der Waals surface area contributed by atoms with E-state index in [4.69, 9.17) is 10.5 Å². The van der Waals surface area contributed by atoms with E-state index < -0.39 is 11.9 Å². The summed E-state index contributed by atoms with van der Waals surface area (Å²) in [6.45, 7) is 5.19. The Hall–Kier alpha value is -2.37. The number of ether oxygens (including phenoxy) is 2. The Labute approximate surface area is 123 Å². The molecule has 0 fully saturated rings. The van der Waals surface area contributed by atoms with Gasteiger partial charge in [0, 0.05) is 5.56 Å². The Bertz CT molecular complexity index is 542. The van der Waals surface area contributed by atoms with E-state index in [9.17, 15) is 14.4 Å². The predicted molar refractivity (Wildman–Crippen MR) is 76.2 cm³/mol. The van der Waals surface area contributed by atoms with Crippen molar-refractivity contribution in [2.45, 2.75) is 27.2 Å². The second-order valence-corrected chi connectivity index (χ2v) is 4.61. The van der Waals surface area contributed by atoms with Gasteiger partial charge in [0.05, 0.1) is 6.61 Å². The lowest BCUT2D eigenvalue weighted by molar-refractivity contribution is -0.145. The highest BCUT2D eigenvalue weighted by atomic mass is 16.5. The average molecular weight is 293 g/mol. The van der Waals surface area contributed by atoms with Gasteiger partial charge in [-0.2, -0.15) is 0 Å². The summed E-state index contributed by atoms with van der Waals surface area (Å²) in [5, 5.41) is 0. The zero-order valence-corrected chi connectivity index (χ0v) is 12.4. The van der Waals surface area contributed by atoms with Crippen LogP contribution in [0.5, 0.6) is 5.75 Å². The van der Waals surface area contributed by atoms with Gasteiger partial charge in [-0.15, -0.1) is 0 Å². The molecule has 0 aliphatic rings. The molecule has 0 unspecified atom stereocenters. The van der Waals surface area contributed by atoms with E-state index in [1.807, 2.05) is 0 Å². The minimum atomic E-state index is -0.566. The molecule has 1 amide bonds. The Morgan fingerprint density at radius 2 is 1.71 bits per heavy atom. The van der Waals surface area contributed by atoms with Gasteiger partial charge in [-0.05, 0) is 44.0 Å². The topological polar surface area (TPSA) is 95.7 Å². The van der Waals surface area contributed by atoms with E-state index in [2.05, 4.69) is 4.74 Å². The van der Waals surface area contributed by atoms with Gasteiger partial charge in [0.2, 0.25) is 5.91 Å². The van der Waals surface area contributed by atoms with E-state index in [1.165, 1.54) is 0 Å². The Kier molecular flexibility index (Phi) is 5.90. The zero-order chi connectivity index (χ0) is 16.0. The summed E-state index contributed by atoms with van der Waals surface area (Å²) in [7, 11) is 0. The molecule has 1 aromatic rings. The van der Waals surface area contributed by atoms with Gasteiger partial charge in [-0.1, -0.05) is 0 Å². The van der Waals surface area contributed by atoms with Crippen LogP contribution < -0.4 is 10.5 Å². The number of esters is 1. The third-order valence-corrected chi connectivity index (χ3v) is 2.77. The van der Waals surface area contributed by atoms with Crippen molar-refractivity contribution in [1.29, 1.82) is 0 Å². The smallest absolute Gasteiger partial charge is 0.313 e. The summed E-state index contributed by atoms with van der Waals surface area (Å²) in [5.74, 6) is -0.946. The minimum Gasteiger partial charge on any atom is -0.485 e. The zero-order valence-electron chi connectivity index (χ0n) is 12.4. The number of aryl methyl sites for hydroxylation is 2. The molecule has 114 valence electrons. The number of amides is 1. The van der Waals surface area contributed by atoms with Crippen molar-refractivity contribution < 1.29 is 23.9 Å². The van der Waals surface area contributed by atoms with Gasteiger partial charge in [-0.25, -0.2) is 0 Å². The van der Waals surface area contributed by atoms with E-state index in [1.54, 1.807) is 32.9 Å². The number of hydrogen-bond acceptors (Lipinski definition) is 5. The van der Waals surface area contributed by atoms with Crippen molar-refractivity contribution in [2.75, 3.05) is 13.2 Å².